The number of carbonyl (C=O) groups is 1. The van der Waals surface area contributed by atoms with E-state index in [1.165, 1.54) is 11.1 Å². The highest BCUT2D eigenvalue weighted by Gasteiger charge is 2.31. The number of aryl methyl sites for hydroxylation is 1. The lowest BCUT2D eigenvalue weighted by molar-refractivity contribution is -0.117. The van der Waals surface area contributed by atoms with E-state index in [4.69, 9.17) is 0 Å². The van der Waals surface area contributed by atoms with Crippen LogP contribution in [0.5, 0.6) is 0 Å². The number of hydrogen-bond donors (Lipinski definition) is 1. The SMILES string of the molecule is CC(=O)N1c2ccccc2[C@@H](Nc2ccc(C)cc2)C[C@H]1C. The zero-order valence-electron chi connectivity index (χ0n) is 13.3. The molecule has 22 heavy (non-hydrogen) atoms. The molecule has 0 aliphatic carbocycles. The Morgan fingerprint density at radius 1 is 1.14 bits per heavy atom. The maximum Gasteiger partial charge on any atom is 0.224 e. The van der Waals surface area contributed by atoms with Gasteiger partial charge in [-0.2, -0.15) is 0 Å². The standard InChI is InChI=1S/C19H22N2O/c1-13-8-10-16(11-9-13)20-18-12-14(2)21(15(3)22)19-7-5-4-6-17(18)19/h4-11,14,18,20H,12H2,1-3H3/t14-,18+/m1/s1. The molecule has 0 fully saturated rings. The van der Waals surface area contributed by atoms with Gasteiger partial charge in [-0.25, -0.2) is 0 Å². The van der Waals surface area contributed by atoms with Gasteiger partial charge in [0.1, 0.15) is 0 Å². The smallest absolute Gasteiger partial charge is 0.224 e. The first-order chi connectivity index (χ1) is 10.6. The van der Waals surface area contributed by atoms with Gasteiger partial charge in [0.15, 0.2) is 0 Å². The minimum absolute atomic E-state index is 0.105. The van der Waals surface area contributed by atoms with Gasteiger partial charge in [0, 0.05) is 24.3 Å². The summed E-state index contributed by atoms with van der Waals surface area (Å²) in [4.78, 5) is 13.9. The van der Waals surface area contributed by atoms with Gasteiger partial charge in [0.2, 0.25) is 5.91 Å². The highest BCUT2D eigenvalue weighted by Crippen LogP contribution is 2.38. The summed E-state index contributed by atoms with van der Waals surface area (Å²) in [6.07, 6.45) is 0.907. The zero-order chi connectivity index (χ0) is 15.7. The van der Waals surface area contributed by atoms with Crippen LogP contribution in [0, 0.1) is 6.92 Å². The van der Waals surface area contributed by atoms with Gasteiger partial charge in [0.25, 0.3) is 0 Å². The Morgan fingerprint density at radius 2 is 1.82 bits per heavy atom. The summed E-state index contributed by atoms with van der Waals surface area (Å²) in [6.45, 7) is 5.84. The summed E-state index contributed by atoms with van der Waals surface area (Å²) in [5, 5.41) is 3.62. The fraction of sp³-hybridized carbons (Fsp3) is 0.316. The van der Waals surface area contributed by atoms with Crippen LogP contribution in [0.15, 0.2) is 48.5 Å². The fourth-order valence-electron chi connectivity index (χ4n) is 3.28. The van der Waals surface area contributed by atoms with Crippen LogP contribution >= 0.6 is 0 Å². The summed E-state index contributed by atoms with van der Waals surface area (Å²) < 4.78 is 0. The summed E-state index contributed by atoms with van der Waals surface area (Å²) in [5.74, 6) is 0.105. The summed E-state index contributed by atoms with van der Waals surface area (Å²) >= 11 is 0. The Labute approximate surface area is 132 Å². The lowest BCUT2D eigenvalue weighted by Gasteiger charge is -2.39. The molecule has 1 amide bonds. The van der Waals surface area contributed by atoms with Crippen LogP contribution in [0.1, 0.15) is 37.4 Å². The maximum absolute atomic E-state index is 12.0. The maximum atomic E-state index is 12.0. The molecule has 0 saturated carbocycles. The highest BCUT2D eigenvalue weighted by atomic mass is 16.2. The van der Waals surface area contributed by atoms with Crippen molar-refractivity contribution < 1.29 is 4.79 Å². The second-order valence-electron chi connectivity index (χ2n) is 6.10. The molecule has 0 unspecified atom stereocenters. The van der Waals surface area contributed by atoms with Crippen molar-refractivity contribution in [1.82, 2.24) is 0 Å². The largest absolute Gasteiger partial charge is 0.378 e. The molecule has 0 bridgehead atoms. The highest BCUT2D eigenvalue weighted by molar-refractivity contribution is 5.93. The predicted molar refractivity (Wildman–Crippen MR) is 91.2 cm³/mol. The van der Waals surface area contributed by atoms with E-state index < -0.39 is 0 Å². The average molecular weight is 294 g/mol. The van der Waals surface area contributed by atoms with E-state index in [2.05, 4.69) is 49.5 Å². The topological polar surface area (TPSA) is 32.3 Å². The van der Waals surface area contributed by atoms with Crippen molar-refractivity contribution >= 4 is 17.3 Å². The van der Waals surface area contributed by atoms with Crippen molar-refractivity contribution in [2.24, 2.45) is 0 Å². The predicted octanol–water partition coefficient (Wildman–Crippen LogP) is 4.29. The van der Waals surface area contributed by atoms with Gasteiger partial charge in [0.05, 0.1) is 6.04 Å². The lowest BCUT2D eigenvalue weighted by Crippen LogP contribution is -2.43. The molecule has 1 aliphatic rings. The molecular weight excluding hydrogens is 272 g/mol. The monoisotopic (exact) mass is 294 g/mol. The van der Waals surface area contributed by atoms with Crippen LogP contribution in [-0.4, -0.2) is 11.9 Å². The van der Waals surface area contributed by atoms with Crippen molar-refractivity contribution in [1.29, 1.82) is 0 Å². The van der Waals surface area contributed by atoms with Crippen LogP contribution in [0.4, 0.5) is 11.4 Å². The van der Waals surface area contributed by atoms with Gasteiger partial charge in [-0.15, -0.1) is 0 Å². The van der Waals surface area contributed by atoms with Crippen molar-refractivity contribution in [3.05, 3.63) is 59.7 Å². The molecule has 2 aromatic rings. The van der Waals surface area contributed by atoms with Crippen molar-refractivity contribution in [3.8, 4) is 0 Å². The van der Waals surface area contributed by atoms with Gasteiger partial charge in [-0.1, -0.05) is 35.9 Å². The van der Waals surface area contributed by atoms with E-state index in [9.17, 15) is 4.79 Å². The molecular formula is C19H22N2O. The van der Waals surface area contributed by atoms with Gasteiger partial charge < -0.3 is 10.2 Å². The average Bonchev–Trinajstić information content (AvgIpc) is 2.49. The van der Waals surface area contributed by atoms with Crippen molar-refractivity contribution in [2.45, 2.75) is 39.3 Å². The fourth-order valence-corrected chi connectivity index (χ4v) is 3.28. The number of anilines is 2. The second kappa shape index (κ2) is 5.84. The number of benzene rings is 2. The van der Waals surface area contributed by atoms with Crippen LogP contribution in [0.25, 0.3) is 0 Å². The number of para-hydroxylation sites is 1. The molecule has 3 nitrogen and oxygen atoms in total. The van der Waals surface area contributed by atoms with Gasteiger partial charge in [-0.3, -0.25) is 4.79 Å². The Balaban J connectivity index is 1.94. The van der Waals surface area contributed by atoms with Crippen molar-refractivity contribution in [3.63, 3.8) is 0 Å². The van der Waals surface area contributed by atoms with Crippen LogP contribution < -0.4 is 10.2 Å². The molecule has 0 saturated heterocycles. The Kier molecular flexibility index (Phi) is 3.88. The number of nitrogens with zero attached hydrogens (tertiary/aromatic N) is 1. The molecule has 2 aromatic carbocycles. The third kappa shape index (κ3) is 2.71. The van der Waals surface area contributed by atoms with E-state index in [-0.39, 0.29) is 18.0 Å². The Bertz CT molecular complexity index is 678. The molecule has 3 rings (SSSR count). The first kappa shape index (κ1) is 14.6. The first-order valence-corrected chi connectivity index (χ1v) is 7.78. The summed E-state index contributed by atoms with van der Waals surface area (Å²) in [5.41, 5.74) is 4.59. The number of rotatable bonds is 2. The second-order valence-corrected chi connectivity index (χ2v) is 6.10. The lowest BCUT2D eigenvalue weighted by atomic mass is 9.91. The van der Waals surface area contributed by atoms with E-state index in [1.807, 2.05) is 23.1 Å². The number of carbonyl (C=O) groups excluding carboxylic acids is 1. The molecule has 114 valence electrons. The molecule has 1 aliphatic heterocycles. The molecule has 0 spiro atoms. The minimum Gasteiger partial charge on any atom is -0.378 e. The Morgan fingerprint density at radius 3 is 2.50 bits per heavy atom. The number of nitrogens with one attached hydrogen (secondary N) is 1. The molecule has 2 atom stereocenters. The third-order valence-electron chi connectivity index (χ3n) is 4.32. The molecule has 0 aromatic heterocycles. The third-order valence-corrected chi connectivity index (χ3v) is 4.32. The first-order valence-electron chi connectivity index (χ1n) is 7.78. The van der Waals surface area contributed by atoms with E-state index >= 15 is 0 Å². The molecule has 3 heteroatoms. The number of hydrogen-bond acceptors (Lipinski definition) is 2. The van der Waals surface area contributed by atoms with Crippen LogP contribution in [0.2, 0.25) is 0 Å². The number of fused-ring (bicyclic) bond motifs is 1. The normalized spacial score (nSPS) is 20.4. The minimum atomic E-state index is 0.105. The molecule has 0 radical (unpaired) electrons. The molecule has 1 N–H and O–H groups in total. The van der Waals surface area contributed by atoms with E-state index in [0.717, 1.165) is 17.8 Å². The quantitative estimate of drug-likeness (QED) is 0.896. The van der Waals surface area contributed by atoms with Crippen molar-refractivity contribution in [2.75, 3.05) is 10.2 Å². The van der Waals surface area contributed by atoms with E-state index in [1.54, 1.807) is 6.92 Å². The summed E-state index contributed by atoms with van der Waals surface area (Å²) in [6, 6.07) is 17.1. The van der Waals surface area contributed by atoms with Crippen LogP contribution in [-0.2, 0) is 4.79 Å². The van der Waals surface area contributed by atoms with Crippen LogP contribution in [0.3, 0.4) is 0 Å². The van der Waals surface area contributed by atoms with Gasteiger partial charge >= 0.3 is 0 Å². The summed E-state index contributed by atoms with van der Waals surface area (Å²) in [7, 11) is 0. The molecule has 1 heterocycles. The zero-order valence-corrected chi connectivity index (χ0v) is 13.3. The van der Waals surface area contributed by atoms with Gasteiger partial charge in [-0.05, 0) is 44.0 Å². The van der Waals surface area contributed by atoms with E-state index in [0.29, 0.717) is 0 Å². The number of amides is 1. The Hall–Kier alpha value is -2.29.